The Bertz CT molecular complexity index is 705. The van der Waals surface area contributed by atoms with Gasteiger partial charge in [0.1, 0.15) is 17.5 Å². The van der Waals surface area contributed by atoms with Crippen molar-refractivity contribution in [3.63, 3.8) is 0 Å². The number of hydrogen-bond donors (Lipinski definition) is 0. The van der Waals surface area contributed by atoms with Gasteiger partial charge in [0, 0.05) is 32.4 Å². The molecular formula is C19H31N7. The summed E-state index contributed by atoms with van der Waals surface area (Å²) < 4.78 is 4.37. The highest BCUT2D eigenvalue weighted by atomic mass is 15.3. The summed E-state index contributed by atoms with van der Waals surface area (Å²) in [5, 5.41) is 9.09. The van der Waals surface area contributed by atoms with Gasteiger partial charge in [0.05, 0.1) is 13.1 Å². The molecule has 2 saturated heterocycles. The van der Waals surface area contributed by atoms with Crippen LogP contribution >= 0.6 is 0 Å². The monoisotopic (exact) mass is 357 g/mol. The molecule has 2 aromatic heterocycles. The van der Waals surface area contributed by atoms with Crippen molar-refractivity contribution in [2.75, 3.05) is 26.2 Å². The molecule has 4 heterocycles. The predicted octanol–water partition coefficient (Wildman–Crippen LogP) is 1.91. The molecule has 26 heavy (non-hydrogen) atoms. The molecule has 0 bridgehead atoms. The normalized spacial score (nSPS) is 20.7. The van der Waals surface area contributed by atoms with Crippen molar-refractivity contribution in [1.82, 2.24) is 34.1 Å². The minimum Gasteiger partial charge on any atom is -0.337 e. The number of piperidine rings is 2. The van der Waals surface area contributed by atoms with E-state index in [0.29, 0.717) is 5.92 Å². The van der Waals surface area contributed by atoms with E-state index in [1.165, 1.54) is 38.2 Å². The fourth-order valence-corrected chi connectivity index (χ4v) is 4.28. The van der Waals surface area contributed by atoms with Crippen LogP contribution in [0.25, 0.3) is 0 Å². The van der Waals surface area contributed by atoms with Crippen LogP contribution in [0, 0.1) is 0 Å². The van der Waals surface area contributed by atoms with E-state index in [1.54, 1.807) is 0 Å². The van der Waals surface area contributed by atoms with E-state index in [4.69, 9.17) is 0 Å². The van der Waals surface area contributed by atoms with Gasteiger partial charge < -0.3 is 9.13 Å². The molecule has 0 amide bonds. The molecule has 0 aliphatic carbocycles. The third-order valence-electron chi connectivity index (χ3n) is 6.05. The van der Waals surface area contributed by atoms with Crippen LogP contribution in [0.2, 0.25) is 0 Å². The first-order valence-corrected chi connectivity index (χ1v) is 10.00. The van der Waals surface area contributed by atoms with Gasteiger partial charge in [-0.3, -0.25) is 9.80 Å². The minimum atomic E-state index is 0.528. The lowest BCUT2D eigenvalue weighted by atomic mass is 9.96. The molecule has 142 valence electrons. The number of rotatable bonds is 5. The molecule has 0 spiro atoms. The first-order chi connectivity index (χ1) is 12.7. The Morgan fingerprint density at radius 3 is 2.27 bits per heavy atom. The summed E-state index contributed by atoms with van der Waals surface area (Å²) in [4.78, 5) is 9.47. The van der Waals surface area contributed by atoms with E-state index in [9.17, 15) is 0 Å². The summed E-state index contributed by atoms with van der Waals surface area (Å²) in [6.07, 6.45) is 10.2. The van der Waals surface area contributed by atoms with Crippen LogP contribution in [-0.2, 0) is 27.2 Å². The van der Waals surface area contributed by atoms with E-state index in [1.807, 2.05) is 12.4 Å². The highest BCUT2D eigenvalue weighted by Gasteiger charge is 2.26. The van der Waals surface area contributed by atoms with Gasteiger partial charge in [-0.2, -0.15) is 0 Å². The van der Waals surface area contributed by atoms with Gasteiger partial charge in [0.2, 0.25) is 0 Å². The molecule has 2 aliphatic rings. The molecule has 0 radical (unpaired) electrons. The van der Waals surface area contributed by atoms with E-state index < -0.39 is 0 Å². The Hall–Kier alpha value is -1.73. The standard InChI is InChI=1S/C19H31N7/c1-23-13-8-20-17(23)14-26-11-6-16(7-12-26)19-22-21-18(24(19)2)15-25-9-4-3-5-10-25/h8,13,16H,3-7,9-12,14-15H2,1-2H3. The van der Waals surface area contributed by atoms with Crippen LogP contribution in [-0.4, -0.2) is 60.3 Å². The predicted molar refractivity (Wildman–Crippen MR) is 101 cm³/mol. The van der Waals surface area contributed by atoms with Crippen molar-refractivity contribution in [2.45, 2.75) is 51.1 Å². The first-order valence-electron chi connectivity index (χ1n) is 10.00. The van der Waals surface area contributed by atoms with Crippen molar-refractivity contribution in [3.05, 3.63) is 29.9 Å². The Balaban J connectivity index is 1.33. The van der Waals surface area contributed by atoms with E-state index in [-0.39, 0.29) is 0 Å². The summed E-state index contributed by atoms with van der Waals surface area (Å²) in [5.41, 5.74) is 0. The number of hydrogen-bond acceptors (Lipinski definition) is 5. The van der Waals surface area contributed by atoms with Crippen LogP contribution in [0.15, 0.2) is 12.4 Å². The molecule has 0 atom stereocenters. The number of aryl methyl sites for hydroxylation is 1. The smallest absolute Gasteiger partial charge is 0.146 e. The van der Waals surface area contributed by atoms with Crippen molar-refractivity contribution >= 4 is 0 Å². The second kappa shape index (κ2) is 7.88. The highest BCUT2D eigenvalue weighted by molar-refractivity contribution is 5.04. The minimum absolute atomic E-state index is 0.528. The van der Waals surface area contributed by atoms with Gasteiger partial charge >= 0.3 is 0 Å². The Morgan fingerprint density at radius 1 is 0.885 bits per heavy atom. The Labute approximate surface area is 156 Å². The third kappa shape index (κ3) is 3.83. The van der Waals surface area contributed by atoms with Crippen LogP contribution in [0.4, 0.5) is 0 Å². The first kappa shape index (κ1) is 17.7. The van der Waals surface area contributed by atoms with E-state index in [0.717, 1.165) is 50.7 Å². The van der Waals surface area contributed by atoms with Crippen LogP contribution in [0.1, 0.15) is 55.5 Å². The molecule has 0 unspecified atom stereocenters. The molecule has 4 rings (SSSR count). The largest absolute Gasteiger partial charge is 0.337 e. The number of aromatic nitrogens is 5. The summed E-state index contributed by atoms with van der Waals surface area (Å²) in [6, 6.07) is 0. The number of likely N-dealkylation sites (tertiary alicyclic amines) is 2. The fourth-order valence-electron chi connectivity index (χ4n) is 4.28. The molecule has 7 nitrogen and oxygen atoms in total. The zero-order valence-corrected chi connectivity index (χ0v) is 16.1. The number of nitrogens with zero attached hydrogens (tertiary/aromatic N) is 7. The van der Waals surface area contributed by atoms with Crippen molar-refractivity contribution in [3.8, 4) is 0 Å². The molecule has 0 N–H and O–H groups in total. The lowest BCUT2D eigenvalue weighted by molar-refractivity contribution is 0.194. The topological polar surface area (TPSA) is 55.0 Å². The van der Waals surface area contributed by atoms with Gasteiger partial charge in [0.15, 0.2) is 0 Å². The van der Waals surface area contributed by atoms with Crippen molar-refractivity contribution in [2.24, 2.45) is 14.1 Å². The van der Waals surface area contributed by atoms with Crippen molar-refractivity contribution in [1.29, 1.82) is 0 Å². The fraction of sp³-hybridized carbons (Fsp3) is 0.737. The van der Waals surface area contributed by atoms with Gasteiger partial charge in [-0.25, -0.2) is 4.98 Å². The SMILES string of the molecule is Cn1ccnc1CN1CCC(c2nnc(CN3CCCCC3)n2C)CC1. The number of imidazole rings is 1. The Kier molecular flexibility index (Phi) is 5.36. The maximum atomic E-state index is 4.57. The molecule has 2 fully saturated rings. The van der Waals surface area contributed by atoms with E-state index >= 15 is 0 Å². The average molecular weight is 358 g/mol. The maximum absolute atomic E-state index is 4.57. The van der Waals surface area contributed by atoms with Gasteiger partial charge in [-0.15, -0.1) is 10.2 Å². The maximum Gasteiger partial charge on any atom is 0.146 e. The summed E-state index contributed by atoms with van der Waals surface area (Å²) in [7, 11) is 4.22. The molecule has 2 aliphatic heterocycles. The molecule has 0 saturated carbocycles. The average Bonchev–Trinajstić information content (AvgIpc) is 3.23. The van der Waals surface area contributed by atoms with Gasteiger partial charge in [0.25, 0.3) is 0 Å². The van der Waals surface area contributed by atoms with Gasteiger partial charge in [-0.1, -0.05) is 6.42 Å². The summed E-state index contributed by atoms with van der Waals surface area (Å²) >= 11 is 0. The molecule has 0 aromatic carbocycles. The van der Waals surface area contributed by atoms with Gasteiger partial charge in [-0.05, 0) is 51.9 Å². The highest BCUT2D eigenvalue weighted by Crippen LogP contribution is 2.27. The molecule has 2 aromatic rings. The second-order valence-corrected chi connectivity index (χ2v) is 7.88. The van der Waals surface area contributed by atoms with Crippen LogP contribution < -0.4 is 0 Å². The lowest BCUT2D eigenvalue weighted by Crippen LogP contribution is -2.34. The van der Waals surface area contributed by atoms with Crippen LogP contribution in [0.3, 0.4) is 0 Å². The summed E-state index contributed by atoms with van der Waals surface area (Å²) in [5.74, 6) is 3.97. The second-order valence-electron chi connectivity index (χ2n) is 7.88. The lowest BCUT2D eigenvalue weighted by Gasteiger charge is -2.31. The molecular weight excluding hydrogens is 326 g/mol. The zero-order valence-electron chi connectivity index (χ0n) is 16.1. The Morgan fingerprint density at radius 2 is 1.58 bits per heavy atom. The van der Waals surface area contributed by atoms with E-state index in [2.05, 4.69) is 48.2 Å². The molecule has 7 heteroatoms. The zero-order chi connectivity index (χ0) is 17.9. The third-order valence-corrected chi connectivity index (χ3v) is 6.05. The van der Waals surface area contributed by atoms with Crippen LogP contribution in [0.5, 0.6) is 0 Å². The van der Waals surface area contributed by atoms with Crippen molar-refractivity contribution < 1.29 is 0 Å². The summed E-state index contributed by atoms with van der Waals surface area (Å²) in [6.45, 7) is 6.50. The quantitative estimate of drug-likeness (QED) is 0.818.